The Hall–Kier alpha value is -7.48. The zero-order valence-corrected chi connectivity index (χ0v) is 45.5. The van der Waals surface area contributed by atoms with E-state index in [0.717, 1.165) is 76.1 Å². The van der Waals surface area contributed by atoms with E-state index in [1.807, 2.05) is 93.3 Å². The van der Waals surface area contributed by atoms with Crippen LogP contribution in [0.1, 0.15) is 157 Å². The van der Waals surface area contributed by atoms with Crippen LogP contribution in [0.5, 0.6) is 0 Å². The molecule has 76 heavy (non-hydrogen) atoms. The molecule has 5 aromatic carbocycles. The summed E-state index contributed by atoms with van der Waals surface area (Å²) in [6.45, 7) is 15.8. The van der Waals surface area contributed by atoms with Gasteiger partial charge >= 0.3 is 24.0 Å². The number of urea groups is 2. The monoisotopic (exact) mass is 1030 g/mol. The van der Waals surface area contributed by atoms with Crippen LogP contribution < -0.4 is 26.2 Å². The van der Waals surface area contributed by atoms with Crippen LogP contribution in [0, 0.1) is 39.0 Å². The van der Waals surface area contributed by atoms with Gasteiger partial charge in [0, 0.05) is 53.9 Å². The highest BCUT2D eigenvalue weighted by atomic mass is 16.4. The van der Waals surface area contributed by atoms with Gasteiger partial charge in [-0.15, -0.1) is 0 Å². The van der Waals surface area contributed by atoms with Crippen molar-refractivity contribution in [1.82, 2.24) is 15.5 Å². The second-order valence-electron chi connectivity index (χ2n) is 21.8. The lowest BCUT2D eigenvalue weighted by atomic mass is 9.71. The van der Waals surface area contributed by atoms with Gasteiger partial charge in [-0.2, -0.15) is 0 Å². The maximum Gasteiger partial charge on any atom is 0.326 e. The summed E-state index contributed by atoms with van der Waals surface area (Å²) in [5, 5.41) is 28.9. The van der Waals surface area contributed by atoms with E-state index in [9.17, 15) is 28.8 Å². The molecule has 0 aromatic heterocycles. The molecule has 404 valence electrons. The van der Waals surface area contributed by atoms with E-state index >= 15 is 0 Å². The van der Waals surface area contributed by atoms with Crippen molar-refractivity contribution in [3.63, 3.8) is 0 Å². The Morgan fingerprint density at radius 1 is 0.526 bits per heavy atom. The predicted octanol–water partition coefficient (Wildman–Crippen LogP) is 12.9. The Balaban J connectivity index is 0.000000247. The number of nitrogens with one attached hydrogen (secondary N) is 4. The molecule has 0 radical (unpaired) electrons. The van der Waals surface area contributed by atoms with Crippen LogP contribution in [0.15, 0.2) is 109 Å². The first kappa shape index (κ1) is 57.8. The highest BCUT2D eigenvalue weighted by Crippen LogP contribution is 2.40. The van der Waals surface area contributed by atoms with Crippen LogP contribution in [0.4, 0.5) is 26.7 Å². The molecule has 0 bridgehead atoms. The quantitative estimate of drug-likeness (QED) is 0.0529. The van der Waals surface area contributed by atoms with Gasteiger partial charge in [-0.1, -0.05) is 88.6 Å². The molecule has 0 aliphatic heterocycles. The molecular weight excluding hydrogens is 957 g/mol. The average molecular weight is 1040 g/mol. The Morgan fingerprint density at radius 3 is 1.39 bits per heavy atom. The number of aliphatic carboxylic acids is 2. The molecule has 0 atom stereocenters. The summed E-state index contributed by atoms with van der Waals surface area (Å²) in [7, 11) is 0. The fourth-order valence-electron chi connectivity index (χ4n) is 10.4. The van der Waals surface area contributed by atoms with Crippen molar-refractivity contribution in [2.24, 2.45) is 11.3 Å². The van der Waals surface area contributed by atoms with Gasteiger partial charge in [0.05, 0.1) is 19.4 Å². The van der Waals surface area contributed by atoms with E-state index in [2.05, 4.69) is 66.3 Å². The largest absolute Gasteiger partial charge is 0.481 e. The fourth-order valence-corrected chi connectivity index (χ4v) is 10.4. The van der Waals surface area contributed by atoms with Gasteiger partial charge in [0.15, 0.2) is 0 Å². The van der Waals surface area contributed by atoms with E-state index in [1.54, 1.807) is 29.2 Å². The van der Waals surface area contributed by atoms with Gasteiger partial charge in [-0.05, 0) is 183 Å². The minimum atomic E-state index is -0.961. The predicted molar refractivity (Wildman–Crippen MR) is 301 cm³/mol. The van der Waals surface area contributed by atoms with E-state index < -0.39 is 11.9 Å². The zero-order valence-electron chi connectivity index (χ0n) is 45.5. The van der Waals surface area contributed by atoms with Gasteiger partial charge in [0.2, 0.25) is 0 Å². The molecule has 0 saturated heterocycles. The minimum Gasteiger partial charge on any atom is -0.481 e. The topological polar surface area (TPSA) is 197 Å². The molecule has 2 saturated carbocycles. The van der Waals surface area contributed by atoms with Crippen molar-refractivity contribution in [2.45, 2.75) is 144 Å². The summed E-state index contributed by atoms with van der Waals surface area (Å²) in [5.74, 6) is -1.32. The molecule has 6 N–H and O–H groups in total. The molecular formula is C62H78N6O8. The van der Waals surface area contributed by atoms with Crippen molar-refractivity contribution in [3.05, 3.63) is 159 Å². The third kappa shape index (κ3) is 17.8. The number of nitrogens with zero attached hydrogens (tertiary/aromatic N) is 2. The molecule has 14 nitrogen and oxygen atoms in total. The SMILES string of the molecule is Cc1cc(C)cc(NC(=O)N(Cc2ccc(C(=O)NCCC(=O)O)cc2)C2CCC(C(C)(C)C)CC2)c1.Cc1cc(C)cc(NC(=O)N(Cc2ccc(C(=O)NCCC(=O)O)cc2)c2ccc(C3CCCCC3)cc2)c1. The molecule has 0 spiro atoms. The molecule has 5 aromatic rings. The van der Waals surface area contributed by atoms with Crippen molar-refractivity contribution in [2.75, 3.05) is 28.6 Å². The Kier molecular flexibility index (Phi) is 20.8. The number of hydrogen-bond donors (Lipinski definition) is 6. The number of anilines is 3. The van der Waals surface area contributed by atoms with Crippen molar-refractivity contribution >= 4 is 52.9 Å². The molecule has 2 aliphatic rings. The lowest BCUT2D eigenvalue weighted by Crippen LogP contribution is -2.45. The van der Waals surface area contributed by atoms with Gasteiger partial charge in [-0.25, -0.2) is 9.59 Å². The summed E-state index contributed by atoms with van der Waals surface area (Å²) in [5.41, 5.74) is 11.0. The van der Waals surface area contributed by atoms with Crippen LogP contribution >= 0.6 is 0 Å². The number of benzene rings is 5. The molecule has 2 fully saturated rings. The van der Waals surface area contributed by atoms with E-state index in [1.165, 1.54) is 37.7 Å². The van der Waals surface area contributed by atoms with E-state index in [4.69, 9.17) is 10.2 Å². The third-order valence-corrected chi connectivity index (χ3v) is 14.5. The molecule has 7 rings (SSSR count). The first-order valence-corrected chi connectivity index (χ1v) is 26.8. The van der Waals surface area contributed by atoms with Gasteiger partial charge < -0.3 is 36.4 Å². The second kappa shape index (κ2) is 27.3. The Morgan fingerprint density at radius 2 is 0.961 bits per heavy atom. The normalized spacial score (nSPS) is 15.5. The number of rotatable bonds is 17. The summed E-state index contributed by atoms with van der Waals surface area (Å²) in [4.78, 5) is 76.8. The van der Waals surface area contributed by atoms with Gasteiger partial charge in [-0.3, -0.25) is 24.1 Å². The Bertz CT molecular complexity index is 2730. The van der Waals surface area contributed by atoms with Crippen molar-refractivity contribution in [1.29, 1.82) is 0 Å². The molecule has 14 heteroatoms. The van der Waals surface area contributed by atoms with Crippen LogP contribution in [0.2, 0.25) is 0 Å². The molecule has 0 unspecified atom stereocenters. The molecule has 0 heterocycles. The summed E-state index contributed by atoms with van der Waals surface area (Å²) < 4.78 is 0. The maximum absolute atomic E-state index is 13.6. The number of carbonyl (C=O) groups is 6. The highest BCUT2D eigenvalue weighted by Gasteiger charge is 2.34. The van der Waals surface area contributed by atoms with Crippen LogP contribution in [-0.4, -0.2) is 70.1 Å². The van der Waals surface area contributed by atoms with Gasteiger partial charge in [0.1, 0.15) is 0 Å². The maximum atomic E-state index is 13.6. The number of carboxylic acids is 2. The zero-order chi connectivity index (χ0) is 54.9. The van der Waals surface area contributed by atoms with Crippen LogP contribution in [-0.2, 0) is 22.7 Å². The average Bonchev–Trinajstić information content (AvgIpc) is 3.37. The highest BCUT2D eigenvalue weighted by molar-refractivity contribution is 6.02. The summed E-state index contributed by atoms with van der Waals surface area (Å²) in [6, 6.07) is 34.4. The van der Waals surface area contributed by atoms with Gasteiger partial charge in [0.25, 0.3) is 11.8 Å². The van der Waals surface area contributed by atoms with Crippen molar-refractivity contribution < 1.29 is 39.0 Å². The van der Waals surface area contributed by atoms with Crippen LogP contribution in [0.3, 0.4) is 0 Å². The summed E-state index contributed by atoms with van der Waals surface area (Å²) in [6.07, 6.45) is 10.1. The van der Waals surface area contributed by atoms with Crippen molar-refractivity contribution in [3.8, 4) is 0 Å². The number of carbonyl (C=O) groups excluding carboxylic acids is 4. The van der Waals surface area contributed by atoms with Crippen LogP contribution in [0.25, 0.3) is 0 Å². The first-order valence-electron chi connectivity index (χ1n) is 26.8. The smallest absolute Gasteiger partial charge is 0.326 e. The number of aryl methyl sites for hydroxylation is 4. The fraction of sp³-hybridized carbons (Fsp3) is 0.419. The lowest BCUT2D eigenvalue weighted by molar-refractivity contribution is -0.137. The first-order chi connectivity index (χ1) is 36.2. The van der Waals surface area contributed by atoms with E-state index in [0.29, 0.717) is 36.1 Å². The number of hydrogen-bond acceptors (Lipinski definition) is 6. The Labute approximate surface area is 449 Å². The van der Waals surface area contributed by atoms with E-state index in [-0.39, 0.29) is 61.3 Å². The lowest BCUT2D eigenvalue weighted by Gasteiger charge is -2.41. The second-order valence-corrected chi connectivity index (χ2v) is 21.8. The molecule has 2 aliphatic carbocycles. The third-order valence-electron chi connectivity index (χ3n) is 14.5. The molecule has 6 amide bonds. The number of amides is 6. The minimum absolute atomic E-state index is 0.0686. The summed E-state index contributed by atoms with van der Waals surface area (Å²) >= 11 is 0. The standard InChI is InChI=1S/C32H37N3O4.C30H41N3O4/c1-22-18-23(2)20-28(19-22)34-32(39)35(29-14-12-26(13-15-29)25-6-4-3-5-7-25)21-24-8-10-27(11-9-24)31(38)33-17-16-30(36)37;1-20-16-21(2)18-25(17-20)32-29(37)33(26-12-10-24(11-13-26)30(3,4)5)19-22-6-8-23(9-7-22)28(36)31-15-14-27(34)35/h8-15,18-20,25H,3-7,16-17,21H2,1-2H3,(H,33,38)(H,34,39)(H,36,37);6-9,16-18,24,26H,10-15,19H2,1-5H3,(H,31,36)(H,32,37)(H,34,35). The number of carboxylic acid groups (broad SMARTS) is 2.